The lowest BCUT2D eigenvalue weighted by Gasteiger charge is -2.26. The molecule has 0 saturated heterocycles. The van der Waals surface area contributed by atoms with E-state index in [1.165, 1.54) is 0 Å². The van der Waals surface area contributed by atoms with Crippen LogP contribution in [-0.2, 0) is 22.6 Å². The fraction of sp³-hybridized carbons (Fsp3) is 0.294. The molecule has 0 saturated carbocycles. The van der Waals surface area contributed by atoms with Gasteiger partial charge < -0.3 is 5.73 Å². The van der Waals surface area contributed by atoms with Crippen LogP contribution >= 0.6 is 0 Å². The molecule has 0 radical (unpaired) electrons. The van der Waals surface area contributed by atoms with Gasteiger partial charge in [0.05, 0.1) is 10.5 Å². The van der Waals surface area contributed by atoms with E-state index in [1.54, 1.807) is 12.1 Å². The molecule has 0 aliphatic heterocycles. The average Bonchev–Trinajstić information content (AvgIpc) is 2.54. The number of aryl methyl sites for hydroxylation is 1. The van der Waals surface area contributed by atoms with E-state index in [2.05, 4.69) is 4.72 Å². The molecule has 0 fully saturated rings. The van der Waals surface area contributed by atoms with Gasteiger partial charge in [-0.3, -0.25) is 0 Å². The maximum Gasteiger partial charge on any atom is 0.416 e. The Kier molecular flexibility index (Phi) is 4.51. The Balaban J connectivity index is 1.86. The van der Waals surface area contributed by atoms with Crippen molar-refractivity contribution in [1.29, 1.82) is 0 Å². The van der Waals surface area contributed by atoms with Gasteiger partial charge in [-0.25, -0.2) is 13.1 Å². The highest BCUT2D eigenvalue weighted by molar-refractivity contribution is 7.89. The normalized spacial score (nSPS) is 18.0. The maximum atomic E-state index is 12.6. The number of fused-ring (bicyclic) bond motifs is 1. The fourth-order valence-corrected chi connectivity index (χ4v) is 4.28. The molecule has 3 N–H and O–H groups in total. The van der Waals surface area contributed by atoms with Gasteiger partial charge in [0.15, 0.2) is 0 Å². The number of hydrogen-bond donors (Lipinski definition) is 2. The van der Waals surface area contributed by atoms with E-state index in [0.717, 1.165) is 48.2 Å². The van der Waals surface area contributed by atoms with Crippen molar-refractivity contribution in [2.24, 2.45) is 0 Å². The first-order valence-electron chi connectivity index (χ1n) is 7.75. The molecule has 0 amide bonds. The largest absolute Gasteiger partial charge is 0.416 e. The Morgan fingerprint density at radius 2 is 1.76 bits per heavy atom. The molecule has 0 bridgehead atoms. The van der Waals surface area contributed by atoms with Gasteiger partial charge in [0.25, 0.3) is 0 Å². The summed E-state index contributed by atoms with van der Waals surface area (Å²) in [6, 6.07) is 8.39. The first kappa shape index (κ1) is 17.8. The van der Waals surface area contributed by atoms with E-state index in [1.807, 2.05) is 6.07 Å². The molecule has 1 aliphatic carbocycles. The highest BCUT2D eigenvalue weighted by atomic mass is 32.2. The number of anilines is 1. The zero-order valence-corrected chi connectivity index (χ0v) is 14.0. The van der Waals surface area contributed by atoms with Crippen LogP contribution in [0.5, 0.6) is 0 Å². The standard InChI is InChI=1S/C17H17F3N2O2S/c18-17(19,20)12-4-7-14(8-5-12)25(23,24)22-16-3-1-2-11-10-13(21)6-9-15(11)16/h4-10,16,22H,1-3,21H2. The molecule has 0 aromatic heterocycles. The van der Waals surface area contributed by atoms with Crippen LogP contribution < -0.4 is 10.5 Å². The van der Waals surface area contributed by atoms with Crippen molar-refractivity contribution < 1.29 is 21.6 Å². The van der Waals surface area contributed by atoms with Crippen molar-refractivity contribution in [3.8, 4) is 0 Å². The van der Waals surface area contributed by atoms with Gasteiger partial charge in [-0.2, -0.15) is 13.2 Å². The number of nitrogens with two attached hydrogens (primary N) is 1. The van der Waals surface area contributed by atoms with E-state index in [4.69, 9.17) is 5.73 Å². The van der Waals surface area contributed by atoms with Gasteiger partial charge in [0.1, 0.15) is 0 Å². The molecule has 2 aromatic rings. The van der Waals surface area contributed by atoms with Gasteiger partial charge in [-0.15, -0.1) is 0 Å². The number of sulfonamides is 1. The summed E-state index contributed by atoms with van der Waals surface area (Å²) in [4.78, 5) is -0.192. The van der Waals surface area contributed by atoms with Crippen molar-refractivity contribution in [3.63, 3.8) is 0 Å². The third-order valence-corrected chi connectivity index (χ3v) is 5.76. The minimum atomic E-state index is -4.50. The minimum Gasteiger partial charge on any atom is -0.399 e. The highest BCUT2D eigenvalue weighted by Gasteiger charge is 2.31. The van der Waals surface area contributed by atoms with Gasteiger partial charge in [0.2, 0.25) is 10.0 Å². The van der Waals surface area contributed by atoms with E-state index in [0.29, 0.717) is 12.1 Å². The van der Waals surface area contributed by atoms with Crippen LogP contribution in [0.3, 0.4) is 0 Å². The molecule has 2 aromatic carbocycles. The van der Waals surface area contributed by atoms with E-state index >= 15 is 0 Å². The lowest BCUT2D eigenvalue weighted by atomic mass is 9.88. The fourth-order valence-electron chi connectivity index (χ4n) is 3.04. The third kappa shape index (κ3) is 3.80. The van der Waals surface area contributed by atoms with Gasteiger partial charge in [-0.1, -0.05) is 6.07 Å². The predicted molar refractivity (Wildman–Crippen MR) is 88.3 cm³/mol. The van der Waals surface area contributed by atoms with Crippen LogP contribution in [0.1, 0.15) is 35.6 Å². The zero-order chi connectivity index (χ0) is 18.2. The molecule has 25 heavy (non-hydrogen) atoms. The first-order chi connectivity index (χ1) is 11.7. The predicted octanol–water partition coefficient (Wildman–Crippen LogP) is 3.64. The highest BCUT2D eigenvalue weighted by Crippen LogP contribution is 2.33. The monoisotopic (exact) mass is 370 g/mol. The number of hydrogen-bond acceptors (Lipinski definition) is 3. The molecule has 3 rings (SSSR count). The van der Waals surface area contributed by atoms with Crippen molar-refractivity contribution >= 4 is 15.7 Å². The lowest BCUT2D eigenvalue weighted by molar-refractivity contribution is -0.137. The molecule has 1 atom stereocenters. The van der Waals surface area contributed by atoms with E-state index < -0.39 is 27.8 Å². The third-order valence-electron chi connectivity index (χ3n) is 4.27. The Morgan fingerprint density at radius 3 is 2.40 bits per heavy atom. The Bertz CT molecular complexity index is 878. The summed E-state index contributed by atoms with van der Waals surface area (Å²) in [5.74, 6) is 0. The van der Waals surface area contributed by atoms with Crippen LogP contribution in [-0.4, -0.2) is 8.42 Å². The summed E-state index contributed by atoms with van der Waals surface area (Å²) < 4.78 is 65.5. The SMILES string of the molecule is Nc1ccc2c(c1)CCCC2NS(=O)(=O)c1ccc(C(F)(F)F)cc1. The quantitative estimate of drug-likeness (QED) is 0.810. The molecular formula is C17H17F3N2O2S. The summed E-state index contributed by atoms with van der Waals surface area (Å²) in [6.45, 7) is 0. The zero-order valence-electron chi connectivity index (χ0n) is 13.2. The summed E-state index contributed by atoms with van der Waals surface area (Å²) >= 11 is 0. The van der Waals surface area contributed by atoms with Gasteiger partial charge in [0, 0.05) is 11.7 Å². The summed E-state index contributed by atoms with van der Waals surface area (Å²) in [6.07, 6.45) is -2.26. The molecule has 8 heteroatoms. The van der Waals surface area contributed by atoms with Crippen molar-refractivity contribution in [2.45, 2.75) is 36.4 Å². The molecule has 1 aliphatic rings. The number of benzene rings is 2. The van der Waals surface area contributed by atoms with Gasteiger partial charge in [-0.05, 0) is 66.8 Å². The van der Waals surface area contributed by atoms with E-state index in [-0.39, 0.29) is 4.90 Å². The van der Waals surface area contributed by atoms with Crippen molar-refractivity contribution in [2.75, 3.05) is 5.73 Å². The van der Waals surface area contributed by atoms with Crippen molar-refractivity contribution in [1.82, 2.24) is 4.72 Å². The maximum absolute atomic E-state index is 12.6. The smallest absolute Gasteiger partial charge is 0.399 e. The number of rotatable bonds is 3. The molecule has 134 valence electrons. The second-order valence-corrected chi connectivity index (χ2v) is 7.76. The summed E-state index contributed by atoms with van der Waals surface area (Å²) in [7, 11) is -3.92. The minimum absolute atomic E-state index is 0.192. The number of halogens is 3. The number of alkyl halides is 3. The summed E-state index contributed by atoms with van der Waals surface area (Å²) in [5.41, 5.74) is 7.35. The molecule has 4 nitrogen and oxygen atoms in total. The number of nitrogen functional groups attached to an aromatic ring is 1. The molecule has 0 heterocycles. The van der Waals surface area contributed by atoms with Gasteiger partial charge >= 0.3 is 6.18 Å². The molecule has 1 unspecified atom stereocenters. The second kappa shape index (κ2) is 6.34. The van der Waals surface area contributed by atoms with Crippen LogP contribution in [0.2, 0.25) is 0 Å². The summed E-state index contributed by atoms with van der Waals surface area (Å²) in [5, 5.41) is 0. The van der Waals surface area contributed by atoms with Crippen molar-refractivity contribution in [3.05, 3.63) is 59.2 Å². The van der Waals surface area contributed by atoms with Crippen LogP contribution in [0.15, 0.2) is 47.4 Å². The van der Waals surface area contributed by atoms with Crippen LogP contribution in [0.4, 0.5) is 18.9 Å². The van der Waals surface area contributed by atoms with E-state index in [9.17, 15) is 21.6 Å². The topological polar surface area (TPSA) is 72.2 Å². The Morgan fingerprint density at radius 1 is 1.08 bits per heavy atom. The molecular weight excluding hydrogens is 353 g/mol. The van der Waals surface area contributed by atoms with Crippen LogP contribution in [0, 0.1) is 0 Å². The van der Waals surface area contributed by atoms with Crippen LogP contribution in [0.25, 0.3) is 0 Å². The lowest BCUT2D eigenvalue weighted by Crippen LogP contribution is -2.31. The second-order valence-electron chi connectivity index (χ2n) is 6.05. The number of nitrogens with one attached hydrogen (secondary N) is 1. The molecule has 0 spiro atoms. The Labute approximate surface area is 143 Å². The first-order valence-corrected chi connectivity index (χ1v) is 9.23. The Hall–Kier alpha value is -2.06. The average molecular weight is 370 g/mol.